The van der Waals surface area contributed by atoms with E-state index < -0.39 is 0 Å². The normalized spacial score (nSPS) is 16.2. The van der Waals surface area contributed by atoms with Crippen LogP contribution in [0.1, 0.15) is 23.6 Å². The number of amides is 1. The molecule has 0 bridgehead atoms. The summed E-state index contributed by atoms with van der Waals surface area (Å²) in [7, 11) is 0. The van der Waals surface area contributed by atoms with Gasteiger partial charge in [-0.2, -0.15) is 10.1 Å². The summed E-state index contributed by atoms with van der Waals surface area (Å²) in [5.41, 5.74) is 1.71. The van der Waals surface area contributed by atoms with E-state index in [4.69, 9.17) is 4.74 Å². The van der Waals surface area contributed by atoms with Gasteiger partial charge in [0, 0.05) is 5.56 Å². The minimum absolute atomic E-state index is 0.112. The smallest absolute Gasteiger partial charge is 0.229 e. The van der Waals surface area contributed by atoms with Crippen LogP contribution in [0.4, 0.5) is 10.3 Å². The summed E-state index contributed by atoms with van der Waals surface area (Å²) < 4.78 is 20.6. The molecule has 126 valence electrons. The Kier molecular flexibility index (Phi) is 3.89. The first-order chi connectivity index (χ1) is 12.2. The van der Waals surface area contributed by atoms with Crippen LogP contribution in [-0.2, 0) is 11.4 Å². The molecule has 1 amide bonds. The molecule has 4 rings (SSSR count). The number of nitrogens with zero attached hydrogens (tertiary/aromatic N) is 3. The largest absolute Gasteiger partial charge is 0.489 e. The van der Waals surface area contributed by atoms with E-state index in [9.17, 15) is 9.18 Å². The monoisotopic (exact) mass is 338 g/mol. The molecule has 1 N–H and O–H groups in total. The summed E-state index contributed by atoms with van der Waals surface area (Å²) in [4.78, 5) is 16.0. The van der Waals surface area contributed by atoms with E-state index in [2.05, 4.69) is 15.4 Å². The van der Waals surface area contributed by atoms with E-state index in [1.165, 1.54) is 18.5 Å². The van der Waals surface area contributed by atoms with E-state index in [1.807, 2.05) is 24.3 Å². The molecule has 0 saturated carbocycles. The maximum absolute atomic E-state index is 13.0. The van der Waals surface area contributed by atoms with Crippen LogP contribution in [-0.4, -0.2) is 20.7 Å². The number of rotatable bonds is 4. The fraction of sp³-hybridized carbons (Fsp3) is 0.167. The third kappa shape index (κ3) is 3.08. The third-order valence-corrected chi connectivity index (χ3v) is 4.08. The predicted molar refractivity (Wildman–Crippen MR) is 88.6 cm³/mol. The van der Waals surface area contributed by atoms with Crippen molar-refractivity contribution in [3.8, 4) is 5.75 Å². The van der Waals surface area contributed by atoms with Crippen molar-refractivity contribution in [2.75, 3.05) is 5.32 Å². The zero-order valence-corrected chi connectivity index (χ0v) is 13.2. The molecule has 1 aliphatic heterocycles. The first-order valence-corrected chi connectivity index (χ1v) is 7.86. The standard InChI is InChI=1S/C18H15FN4O2/c19-13-7-5-12(6-8-13)10-25-16-4-2-1-3-14(16)15-9-17(24)22-18-20-11-21-23(15)18/h1-8,11,15H,9-10H2,(H,20,21,22,24). The number of benzene rings is 2. The topological polar surface area (TPSA) is 69.0 Å². The lowest BCUT2D eigenvalue weighted by atomic mass is 10.0. The van der Waals surface area contributed by atoms with Gasteiger partial charge in [-0.3, -0.25) is 10.1 Å². The fourth-order valence-electron chi connectivity index (χ4n) is 2.88. The summed E-state index contributed by atoms with van der Waals surface area (Å²) >= 11 is 0. The first-order valence-electron chi connectivity index (χ1n) is 7.86. The highest BCUT2D eigenvalue weighted by Gasteiger charge is 2.29. The van der Waals surface area contributed by atoms with Crippen LogP contribution in [0.3, 0.4) is 0 Å². The molecule has 0 spiro atoms. The molecule has 0 radical (unpaired) electrons. The summed E-state index contributed by atoms with van der Waals surface area (Å²) in [6, 6.07) is 13.4. The predicted octanol–water partition coefficient (Wildman–Crippen LogP) is 2.93. The van der Waals surface area contributed by atoms with Crippen LogP contribution in [0, 0.1) is 5.82 Å². The Morgan fingerprint density at radius 2 is 2.00 bits per heavy atom. The van der Waals surface area contributed by atoms with E-state index in [0.717, 1.165) is 11.1 Å². The number of anilines is 1. The molecule has 3 aromatic rings. The number of nitrogens with one attached hydrogen (secondary N) is 1. The van der Waals surface area contributed by atoms with Crippen molar-refractivity contribution in [1.29, 1.82) is 0 Å². The van der Waals surface area contributed by atoms with Crippen molar-refractivity contribution in [1.82, 2.24) is 14.8 Å². The van der Waals surface area contributed by atoms with Gasteiger partial charge in [0.2, 0.25) is 11.9 Å². The second kappa shape index (κ2) is 6.35. The number of para-hydroxylation sites is 1. The first kappa shape index (κ1) is 15.3. The lowest BCUT2D eigenvalue weighted by Gasteiger charge is -2.25. The van der Waals surface area contributed by atoms with Gasteiger partial charge in [-0.05, 0) is 23.8 Å². The van der Waals surface area contributed by atoms with E-state index in [1.54, 1.807) is 16.8 Å². The van der Waals surface area contributed by atoms with Gasteiger partial charge in [0.15, 0.2) is 0 Å². The highest BCUT2D eigenvalue weighted by atomic mass is 19.1. The van der Waals surface area contributed by atoms with Crippen molar-refractivity contribution >= 4 is 11.9 Å². The number of hydrogen-bond acceptors (Lipinski definition) is 4. The van der Waals surface area contributed by atoms with Gasteiger partial charge in [-0.25, -0.2) is 9.07 Å². The van der Waals surface area contributed by atoms with Crippen LogP contribution in [0.2, 0.25) is 0 Å². The lowest BCUT2D eigenvalue weighted by Crippen LogP contribution is -2.29. The van der Waals surface area contributed by atoms with Gasteiger partial charge in [0.05, 0.1) is 12.5 Å². The molecule has 2 heterocycles. The van der Waals surface area contributed by atoms with Gasteiger partial charge < -0.3 is 4.74 Å². The average molecular weight is 338 g/mol. The molecule has 25 heavy (non-hydrogen) atoms. The SMILES string of the molecule is O=C1CC(c2ccccc2OCc2ccc(F)cc2)n2ncnc2N1. The number of aromatic nitrogens is 3. The Labute approximate surface area is 143 Å². The highest BCUT2D eigenvalue weighted by molar-refractivity contribution is 5.91. The third-order valence-electron chi connectivity index (χ3n) is 4.08. The molecule has 1 aromatic heterocycles. The second-order valence-corrected chi connectivity index (χ2v) is 5.75. The van der Waals surface area contributed by atoms with Crippen LogP contribution in [0.5, 0.6) is 5.75 Å². The maximum Gasteiger partial charge on any atom is 0.229 e. The Balaban J connectivity index is 1.61. The number of fused-ring (bicyclic) bond motifs is 1. The number of carbonyl (C=O) groups excluding carboxylic acids is 1. The van der Waals surface area contributed by atoms with E-state index in [0.29, 0.717) is 18.3 Å². The van der Waals surface area contributed by atoms with Crippen molar-refractivity contribution < 1.29 is 13.9 Å². The van der Waals surface area contributed by atoms with Crippen LogP contribution in [0.15, 0.2) is 54.9 Å². The quantitative estimate of drug-likeness (QED) is 0.794. The van der Waals surface area contributed by atoms with Crippen molar-refractivity contribution in [2.24, 2.45) is 0 Å². The summed E-state index contributed by atoms with van der Waals surface area (Å²) in [5.74, 6) is 0.692. The summed E-state index contributed by atoms with van der Waals surface area (Å²) in [6.07, 6.45) is 1.67. The Morgan fingerprint density at radius 3 is 2.84 bits per heavy atom. The van der Waals surface area contributed by atoms with E-state index >= 15 is 0 Å². The zero-order chi connectivity index (χ0) is 17.2. The molecular weight excluding hydrogens is 323 g/mol. The lowest BCUT2D eigenvalue weighted by molar-refractivity contribution is -0.117. The fourth-order valence-corrected chi connectivity index (χ4v) is 2.88. The van der Waals surface area contributed by atoms with Crippen LogP contribution in [0.25, 0.3) is 0 Å². The van der Waals surface area contributed by atoms with Gasteiger partial charge in [-0.1, -0.05) is 30.3 Å². The molecule has 1 atom stereocenters. The van der Waals surface area contributed by atoms with Gasteiger partial charge in [0.1, 0.15) is 24.5 Å². The number of halogens is 1. The Bertz CT molecular complexity index is 907. The molecule has 7 heteroatoms. The number of ether oxygens (including phenoxy) is 1. The second-order valence-electron chi connectivity index (χ2n) is 5.75. The minimum atomic E-state index is -0.282. The summed E-state index contributed by atoms with van der Waals surface area (Å²) in [6.45, 7) is 0.306. The molecule has 6 nitrogen and oxygen atoms in total. The molecule has 1 unspecified atom stereocenters. The molecule has 0 aliphatic carbocycles. The van der Waals surface area contributed by atoms with Crippen LogP contribution >= 0.6 is 0 Å². The van der Waals surface area contributed by atoms with E-state index in [-0.39, 0.29) is 24.2 Å². The van der Waals surface area contributed by atoms with Crippen molar-refractivity contribution in [3.63, 3.8) is 0 Å². The molecular formula is C18H15FN4O2. The van der Waals surface area contributed by atoms with Gasteiger partial charge in [0.25, 0.3) is 0 Å². The highest BCUT2D eigenvalue weighted by Crippen LogP contribution is 2.34. The Morgan fingerprint density at radius 1 is 1.20 bits per heavy atom. The number of hydrogen-bond donors (Lipinski definition) is 1. The molecule has 0 fully saturated rings. The average Bonchev–Trinajstić information content (AvgIpc) is 3.09. The Hall–Kier alpha value is -3.22. The van der Waals surface area contributed by atoms with Gasteiger partial charge >= 0.3 is 0 Å². The van der Waals surface area contributed by atoms with Crippen molar-refractivity contribution in [2.45, 2.75) is 19.1 Å². The van der Waals surface area contributed by atoms with Crippen molar-refractivity contribution in [3.05, 3.63) is 71.8 Å². The zero-order valence-electron chi connectivity index (χ0n) is 13.2. The molecule has 2 aromatic carbocycles. The molecule has 1 aliphatic rings. The number of carbonyl (C=O) groups is 1. The molecule has 0 saturated heterocycles. The minimum Gasteiger partial charge on any atom is -0.489 e. The van der Waals surface area contributed by atoms with Crippen LogP contribution < -0.4 is 10.1 Å². The van der Waals surface area contributed by atoms with Gasteiger partial charge in [-0.15, -0.1) is 0 Å². The maximum atomic E-state index is 13.0. The summed E-state index contributed by atoms with van der Waals surface area (Å²) in [5, 5.41) is 6.91.